The molecule has 230 valence electrons. The van der Waals surface area contributed by atoms with Gasteiger partial charge in [-0.2, -0.15) is 0 Å². The topological polar surface area (TPSA) is 108 Å². The van der Waals surface area contributed by atoms with Gasteiger partial charge in [-0.1, -0.05) is 80.4 Å². The highest BCUT2D eigenvalue weighted by molar-refractivity contribution is 6.00. The lowest BCUT2D eigenvalue weighted by atomic mass is 9.99. The highest BCUT2D eigenvalue weighted by atomic mass is 16.6. The molecule has 0 aliphatic carbocycles. The van der Waals surface area contributed by atoms with E-state index in [1.807, 2.05) is 62.4 Å². The van der Waals surface area contributed by atoms with Gasteiger partial charge in [0.2, 0.25) is 5.91 Å². The molecule has 3 amide bonds. The second kappa shape index (κ2) is 15.2. The summed E-state index contributed by atoms with van der Waals surface area (Å²) in [5.41, 5.74) is 3.12. The summed E-state index contributed by atoms with van der Waals surface area (Å²) in [6, 6.07) is 19.5. The second-order valence-electron chi connectivity index (χ2n) is 11.9. The Bertz CT molecular complexity index is 1350. The van der Waals surface area contributed by atoms with Gasteiger partial charge in [-0.25, -0.2) is 4.79 Å². The molecule has 2 atom stereocenters. The molecule has 3 N–H and O–H groups in total. The van der Waals surface area contributed by atoms with E-state index in [1.54, 1.807) is 37.8 Å². The van der Waals surface area contributed by atoms with E-state index >= 15 is 0 Å². The van der Waals surface area contributed by atoms with Crippen LogP contribution in [0.25, 0.3) is 0 Å². The number of rotatable bonds is 12. The summed E-state index contributed by atoms with van der Waals surface area (Å²) < 4.78 is 5.52. The highest BCUT2D eigenvalue weighted by Crippen LogP contribution is 2.29. The number of hydrogen-bond donors (Lipinski definition) is 3. The van der Waals surface area contributed by atoms with Gasteiger partial charge in [-0.05, 0) is 75.4 Å². The van der Waals surface area contributed by atoms with Crippen molar-refractivity contribution in [1.29, 1.82) is 0 Å². The van der Waals surface area contributed by atoms with Crippen LogP contribution in [0.3, 0.4) is 0 Å². The number of benzene rings is 3. The molecule has 0 saturated heterocycles. The van der Waals surface area contributed by atoms with Gasteiger partial charge in [0, 0.05) is 18.7 Å². The Morgan fingerprint density at radius 1 is 0.884 bits per heavy atom. The van der Waals surface area contributed by atoms with Crippen LogP contribution in [0.1, 0.15) is 75.3 Å². The maximum Gasteiger partial charge on any atom is 0.408 e. The number of phenols is 1. The molecule has 8 nitrogen and oxygen atoms in total. The lowest BCUT2D eigenvalue weighted by molar-refractivity contribution is -0.140. The molecule has 0 radical (unpaired) electrons. The van der Waals surface area contributed by atoms with Crippen LogP contribution in [-0.2, 0) is 20.7 Å². The van der Waals surface area contributed by atoms with Gasteiger partial charge in [0.15, 0.2) is 0 Å². The van der Waals surface area contributed by atoms with Crippen LogP contribution < -0.4 is 10.6 Å². The number of carbonyl (C=O) groups excluding carboxylic acids is 3. The number of unbranched alkanes of at least 4 members (excludes halogenated alkanes) is 2. The van der Waals surface area contributed by atoms with E-state index in [2.05, 4.69) is 17.6 Å². The summed E-state index contributed by atoms with van der Waals surface area (Å²) >= 11 is 0. The fraction of sp³-hybridized carbons (Fsp3) is 0.400. The van der Waals surface area contributed by atoms with E-state index in [4.69, 9.17) is 4.74 Å². The Morgan fingerprint density at radius 2 is 1.51 bits per heavy atom. The van der Waals surface area contributed by atoms with Gasteiger partial charge in [-0.3, -0.25) is 9.59 Å². The zero-order chi connectivity index (χ0) is 31.6. The first-order valence-electron chi connectivity index (χ1n) is 14.9. The molecule has 3 rings (SSSR count). The summed E-state index contributed by atoms with van der Waals surface area (Å²) in [6.07, 6.45) is 1.94. The average Bonchev–Trinajstić information content (AvgIpc) is 2.94. The van der Waals surface area contributed by atoms with E-state index in [-0.39, 0.29) is 18.1 Å². The standard InChI is InChI=1S/C35H45N3O5/c1-7-8-12-22-38(33(41)29(23-26-16-10-9-11-17-26)36-34(42)43-35(4,5)6)31(27-18-20-28(39)21-19-27)32(40)37-30-24(2)14-13-15-25(30)3/h9-11,13-21,29,31,39H,7-8,12,22-23H2,1-6H3,(H,36,42)(H,37,40). The average molecular weight is 588 g/mol. The summed E-state index contributed by atoms with van der Waals surface area (Å²) in [4.78, 5) is 43.2. The van der Waals surface area contributed by atoms with Crippen molar-refractivity contribution in [3.8, 4) is 5.75 Å². The Hall–Kier alpha value is -4.33. The highest BCUT2D eigenvalue weighted by Gasteiger charge is 2.36. The largest absolute Gasteiger partial charge is 0.508 e. The van der Waals surface area contributed by atoms with Crippen LogP contribution in [0, 0.1) is 13.8 Å². The number of amides is 3. The van der Waals surface area contributed by atoms with Crippen LogP contribution in [-0.4, -0.2) is 46.1 Å². The molecule has 2 unspecified atom stereocenters. The fourth-order valence-corrected chi connectivity index (χ4v) is 4.93. The number of phenolic OH excluding ortho intramolecular Hbond substituents is 1. The van der Waals surface area contributed by atoms with Gasteiger partial charge >= 0.3 is 6.09 Å². The number of alkyl carbamates (subject to hydrolysis) is 1. The van der Waals surface area contributed by atoms with Crippen LogP contribution in [0.5, 0.6) is 5.75 Å². The minimum Gasteiger partial charge on any atom is -0.508 e. The number of nitrogens with zero attached hydrogens (tertiary/aromatic N) is 1. The first-order valence-corrected chi connectivity index (χ1v) is 14.9. The van der Waals surface area contributed by atoms with E-state index in [1.165, 1.54) is 12.1 Å². The molecule has 0 aromatic heterocycles. The predicted octanol–water partition coefficient (Wildman–Crippen LogP) is 6.84. The predicted molar refractivity (Wildman–Crippen MR) is 170 cm³/mol. The second-order valence-corrected chi connectivity index (χ2v) is 11.9. The van der Waals surface area contributed by atoms with Crippen molar-refractivity contribution in [2.75, 3.05) is 11.9 Å². The summed E-state index contributed by atoms with van der Waals surface area (Å²) in [5, 5.41) is 15.9. The van der Waals surface area contributed by atoms with Crippen molar-refractivity contribution in [3.05, 3.63) is 95.1 Å². The van der Waals surface area contributed by atoms with Gasteiger partial charge in [0.1, 0.15) is 23.4 Å². The monoisotopic (exact) mass is 587 g/mol. The van der Waals surface area contributed by atoms with Crippen molar-refractivity contribution < 1.29 is 24.2 Å². The lowest BCUT2D eigenvalue weighted by Crippen LogP contribution is -2.53. The first-order chi connectivity index (χ1) is 20.4. The van der Waals surface area contributed by atoms with E-state index in [0.717, 1.165) is 29.5 Å². The maximum absolute atomic E-state index is 14.5. The molecule has 0 aliphatic heterocycles. The number of para-hydroxylation sites is 1. The third-order valence-corrected chi connectivity index (χ3v) is 7.06. The normalized spacial score (nSPS) is 12.6. The van der Waals surface area contributed by atoms with Crippen molar-refractivity contribution in [2.45, 2.75) is 84.9 Å². The molecular weight excluding hydrogens is 542 g/mol. The molecule has 43 heavy (non-hydrogen) atoms. The Kier molecular flexibility index (Phi) is 11.8. The third kappa shape index (κ3) is 9.87. The SMILES string of the molecule is CCCCCN(C(=O)C(Cc1ccccc1)NC(=O)OC(C)(C)C)C(C(=O)Nc1c(C)cccc1C)c1ccc(O)cc1. The van der Waals surface area contributed by atoms with Crippen LogP contribution in [0.15, 0.2) is 72.8 Å². The van der Waals surface area contributed by atoms with Crippen molar-refractivity contribution >= 4 is 23.6 Å². The number of carbonyl (C=O) groups is 3. The number of aromatic hydroxyl groups is 1. The molecule has 0 bridgehead atoms. The lowest BCUT2D eigenvalue weighted by Gasteiger charge is -2.35. The smallest absolute Gasteiger partial charge is 0.408 e. The number of aryl methyl sites for hydroxylation is 2. The third-order valence-electron chi connectivity index (χ3n) is 7.06. The first kappa shape index (κ1) is 33.2. The van der Waals surface area contributed by atoms with Gasteiger partial charge in [-0.15, -0.1) is 0 Å². The molecule has 0 aliphatic rings. The number of hydrogen-bond acceptors (Lipinski definition) is 5. The molecule has 8 heteroatoms. The molecular formula is C35H45N3O5. The Balaban J connectivity index is 2.08. The van der Waals surface area contributed by atoms with Crippen molar-refractivity contribution in [2.24, 2.45) is 0 Å². The minimum absolute atomic E-state index is 0.0510. The summed E-state index contributed by atoms with van der Waals surface area (Å²) in [6.45, 7) is 11.5. The van der Waals surface area contributed by atoms with Gasteiger partial charge in [0.05, 0.1) is 0 Å². The Morgan fingerprint density at radius 3 is 2.09 bits per heavy atom. The van der Waals surface area contributed by atoms with E-state index < -0.39 is 29.7 Å². The quantitative estimate of drug-likeness (QED) is 0.201. The molecule has 3 aromatic carbocycles. The van der Waals surface area contributed by atoms with Crippen molar-refractivity contribution in [3.63, 3.8) is 0 Å². The fourth-order valence-electron chi connectivity index (χ4n) is 4.93. The maximum atomic E-state index is 14.5. The molecule has 0 spiro atoms. The Labute approximate surface area is 255 Å². The van der Waals surface area contributed by atoms with Gasteiger partial charge < -0.3 is 25.4 Å². The van der Waals surface area contributed by atoms with E-state index in [9.17, 15) is 19.5 Å². The summed E-state index contributed by atoms with van der Waals surface area (Å²) in [7, 11) is 0. The molecule has 0 saturated carbocycles. The van der Waals surface area contributed by atoms with Crippen molar-refractivity contribution in [1.82, 2.24) is 10.2 Å². The van der Waals surface area contributed by atoms with Gasteiger partial charge in [0.25, 0.3) is 5.91 Å². The van der Waals surface area contributed by atoms with E-state index in [0.29, 0.717) is 24.2 Å². The van der Waals surface area contributed by atoms with Crippen LogP contribution >= 0.6 is 0 Å². The zero-order valence-electron chi connectivity index (χ0n) is 26.1. The molecule has 0 fully saturated rings. The number of ether oxygens (including phenoxy) is 1. The molecule has 3 aromatic rings. The van der Waals surface area contributed by atoms with Crippen LogP contribution in [0.2, 0.25) is 0 Å². The summed E-state index contributed by atoms with van der Waals surface area (Å²) in [5.74, 6) is -0.737. The minimum atomic E-state index is -1.03. The van der Waals surface area contributed by atoms with Crippen LogP contribution in [0.4, 0.5) is 10.5 Å². The number of nitrogens with one attached hydrogen (secondary N) is 2. The number of anilines is 1. The molecule has 0 heterocycles. The zero-order valence-corrected chi connectivity index (χ0v) is 26.1.